The maximum absolute atomic E-state index is 14.6. The third kappa shape index (κ3) is 6.96. The third-order valence-corrected chi connectivity index (χ3v) is 10.7. The smallest absolute Gasteiger partial charge is 0.269 e. The minimum atomic E-state index is -1.28. The number of halogens is 2. The number of carbonyl (C=O) groups is 2. The zero-order valence-corrected chi connectivity index (χ0v) is 28.1. The Morgan fingerprint density at radius 2 is 1.87 bits per heavy atom. The molecule has 240 valence electrons. The largest absolute Gasteiger partial charge is 0.379 e. The average molecular weight is 727 g/mol. The van der Waals surface area contributed by atoms with Crippen molar-refractivity contribution in [2.24, 2.45) is 0 Å². The van der Waals surface area contributed by atoms with Crippen LogP contribution in [0.15, 0.2) is 82.3 Å². The monoisotopic (exact) mass is 725 g/mol. The number of H-pyrrole nitrogens is 1. The third-order valence-electron chi connectivity index (χ3n) is 8.50. The van der Waals surface area contributed by atoms with Crippen molar-refractivity contribution in [1.82, 2.24) is 20.1 Å². The second kappa shape index (κ2) is 14.1. The minimum Gasteiger partial charge on any atom is -0.379 e. The molecule has 10 nitrogen and oxygen atoms in total. The Balaban J connectivity index is 1.39. The van der Waals surface area contributed by atoms with Crippen LogP contribution in [0.25, 0.3) is 10.9 Å². The number of hydrogen-bond donors (Lipinski definition) is 2. The first-order valence-electron chi connectivity index (χ1n) is 15.1. The van der Waals surface area contributed by atoms with Crippen LogP contribution in [0.3, 0.4) is 0 Å². The van der Waals surface area contributed by atoms with Crippen LogP contribution in [0, 0.1) is 10.1 Å². The van der Waals surface area contributed by atoms with Crippen molar-refractivity contribution in [2.45, 2.75) is 35.1 Å². The molecule has 6 rings (SSSR count). The van der Waals surface area contributed by atoms with Gasteiger partial charge in [-0.3, -0.25) is 24.6 Å². The number of fused-ring (bicyclic) bond motifs is 1. The van der Waals surface area contributed by atoms with Gasteiger partial charge in [-0.1, -0.05) is 45.7 Å². The lowest BCUT2D eigenvalue weighted by Gasteiger charge is -2.36. The lowest BCUT2D eigenvalue weighted by molar-refractivity contribution is -0.384. The van der Waals surface area contributed by atoms with Crippen LogP contribution in [0.2, 0.25) is 5.02 Å². The van der Waals surface area contributed by atoms with E-state index in [9.17, 15) is 19.7 Å². The van der Waals surface area contributed by atoms with Gasteiger partial charge in [-0.2, -0.15) is 0 Å². The molecule has 2 amide bonds. The van der Waals surface area contributed by atoms with Crippen LogP contribution in [-0.2, 0) is 20.9 Å². The topological polar surface area (TPSA) is 121 Å². The number of non-ortho nitro benzene ring substituents is 1. The van der Waals surface area contributed by atoms with Crippen LogP contribution in [0.4, 0.5) is 5.69 Å². The molecule has 46 heavy (non-hydrogen) atoms. The average Bonchev–Trinajstić information content (AvgIpc) is 3.58. The second-order valence-corrected chi connectivity index (χ2v) is 14.2. The number of amides is 2. The lowest BCUT2D eigenvalue weighted by atomic mass is 9.91. The SMILES string of the molecule is O=C1C[C@@](Sc2ccc([N+](=O)[O-])cc2)(C(=O)NCCCN2CCOCC2)[C@H](c2c[nH]c3cc(Cl)ccc23)N1Cc1ccc(Br)cc1. The number of aromatic nitrogens is 1. The fraction of sp³-hybridized carbons (Fsp3) is 0.333. The number of hydrogen-bond acceptors (Lipinski definition) is 7. The molecule has 3 heterocycles. The number of nitrogens with one attached hydrogen (secondary N) is 2. The molecule has 3 aromatic carbocycles. The standard InChI is InChI=1S/C33H33BrClN5O5S/c34-23-4-2-22(3-5-23)21-39-30(41)19-33(46-26-9-7-25(8-10-26)40(43)44,32(42)36-12-1-13-38-14-16-45-17-15-38)31(39)28-20-37-29-18-24(35)6-11-27(28)29/h2-11,18,20,31,37H,1,12-17,19,21H2,(H,36,42)/t31-,33-/m0/s1. The van der Waals surface area contributed by atoms with E-state index in [1.54, 1.807) is 23.1 Å². The molecule has 0 unspecified atom stereocenters. The predicted molar refractivity (Wildman–Crippen MR) is 182 cm³/mol. The van der Waals surface area contributed by atoms with Crippen LogP contribution < -0.4 is 5.32 Å². The summed E-state index contributed by atoms with van der Waals surface area (Å²) in [6.07, 6.45) is 2.55. The quantitative estimate of drug-likeness (QED) is 0.105. The van der Waals surface area contributed by atoms with Crippen LogP contribution in [-0.4, -0.2) is 75.7 Å². The Kier molecular flexibility index (Phi) is 10.00. The first-order valence-corrected chi connectivity index (χ1v) is 17.0. The van der Waals surface area contributed by atoms with E-state index >= 15 is 0 Å². The van der Waals surface area contributed by atoms with Crippen molar-refractivity contribution in [3.05, 3.63) is 104 Å². The summed E-state index contributed by atoms with van der Waals surface area (Å²) in [5.74, 6) is -0.410. The first-order chi connectivity index (χ1) is 22.2. The van der Waals surface area contributed by atoms with Crippen LogP contribution in [0.1, 0.15) is 30.0 Å². The second-order valence-electron chi connectivity index (χ2n) is 11.5. The molecule has 1 aromatic heterocycles. The van der Waals surface area contributed by atoms with Crippen molar-refractivity contribution < 1.29 is 19.2 Å². The number of nitro groups is 1. The van der Waals surface area contributed by atoms with E-state index in [0.29, 0.717) is 36.2 Å². The highest BCUT2D eigenvalue weighted by Crippen LogP contribution is 2.54. The summed E-state index contributed by atoms with van der Waals surface area (Å²) in [5.41, 5.74) is 2.47. The Labute approximate surface area is 284 Å². The van der Waals surface area contributed by atoms with Gasteiger partial charge in [0.05, 0.1) is 30.6 Å². The zero-order valence-electron chi connectivity index (χ0n) is 24.9. The number of carbonyl (C=O) groups excluding carboxylic acids is 2. The van der Waals surface area contributed by atoms with Crippen molar-refractivity contribution >= 4 is 67.7 Å². The molecule has 4 aromatic rings. The van der Waals surface area contributed by atoms with Gasteiger partial charge in [0, 0.05) is 75.4 Å². The van der Waals surface area contributed by atoms with E-state index in [2.05, 4.69) is 31.1 Å². The summed E-state index contributed by atoms with van der Waals surface area (Å²) < 4.78 is 5.10. The van der Waals surface area contributed by atoms with E-state index in [4.69, 9.17) is 16.3 Å². The number of rotatable bonds is 11. The number of ether oxygens (including phenoxy) is 1. The van der Waals surface area contributed by atoms with Crippen LogP contribution in [0.5, 0.6) is 0 Å². The molecule has 0 aliphatic carbocycles. The Bertz CT molecular complexity index is 1730. The van der Waals surface area contributed by atoms with Gasteiger partial charge in [0.15, 0.2) is 0 Å². The molecular formula is C33H33BrClN5O5S. The van der Waals surface area contributed by atoms with E-state index in [0.717, 1.165) is 52.6 Å². The van der Waals surface area contributed by atoms with Crippen molar-refractivity contribution in [2.75, 3.05) is 39.4 Å². The van der Waals surface area contributed by atoms with Crippen molar-refractivity contribution in [3.63, 3.8) is 0 Å². The molecule has 2 saturated heterocycles. The molecule has 2 N–H and O–H groups in total. The normalized spacial score (nSPS) is 20.3. The highest BCUT2D eigenvalue weighted by atomic mass is 79.9. The summed E-state index contributed by atoms with van der Waals surface area (Å²) in [6.45, 7) is 4.69. The summed E-state index contributed by atoms with van der Waals surface area (Å²) >= 11 is 11.1. The van der Waals surface area contributed by atoms with Gasteiger partial charge in [0.2, 0.25) is 11.8 Å². The molecule has 0 radical (unpaired) electrons. The molecule has 2 atom stereocenters. The summed E-state index contributed by atoms with van der Waals surface area (Å²) in [4.78, 5) is 47.7. The Morgan fingerprint density at radius 3 is 2.59 bits per heavy atom. The Morgan fingerprint density at radius 1 is 1.13 bits per heavy atom. The highest BCUT2D eigenvalue weighted by Gasteiger charge is 2.58. The van der Waals surface area contributed by atoms with Gasteiger partial charge in [-0.15, -0.1) is 11.8 Å². The number of thioether (sulfide) groups is 1. The molecule has 2 aliphatic heterocycles. The number of benzene rings is 3. The van der Waals surface area contributed by atoms with E-state index in [-0.39, 0.29) is 23.9 Å². The molecule has 2 aliphatic rings. The lowest BCUT2D eigenvalue weighted by Crippen LogP contribution is -2.48. The van der Waals surface area contributed by atoms with E-state index in [1.807, 2.05) is 42.6 Å². The summed E-state index contributed by atoms with van der Waals surface area (Å²) in [7, 11) is 0. The molecule has 2 fully saturated rings. The number of nitro benzene ring substituents is 1. The highest BCUT2D eigenvalue weighted by molar-refractivity contribution is 9.10. The van der Waals surface area contributed by atoms with Crippen molar-refractivity contribution in [3.8, 4) is 0 Å². The maximum Gasteiger partial charge on any atom is 0.269 e. The summed E-state index contributed by atoms with van der Waals surface area (Å²) in [5, 5.41) is 16.0. The van der Waals surface area contributed by atoms with Gasteiger partial charge in [-0.05, 0) is 54.9 Å². The minimum absolute atomic E-state index is 0.0459. The molecule has 13 heteroatoms. The van der Waals surface area contributed by atoms with Gasteiger partial charge in [0.25, 0.3) is 5.69 Å². The first kappa shape index (κ1) is 32.5. The number of likely N-dealkylation sites (tertiary alicyclic amines) is 1. The molecule has 0 spiro atoms. The van der Waals surface area contributed by atoms with Gasteiger partial charge >= 0.3 is 0 Å². The number of aromatic amines is 1. The summed E-state index contributed by atoms with van der Waals surface area (Å²) in [6, 6.07) is 18.8. The van der Waals surface area contributed by atoms with Gasteiger partial charge in [-0.25, -0.2) is 0 Å². The van der Waals surface area contributed by atoms with Crippen LogP contribution >= 0.6 is 39.3 Å². The fourth-order valence-electron chi connectivity index (χ4n) is 6.22. The van der Waals surface area contributed by atoms with E-state index in [1.165, 1.54) is 23.9 Å². The zero-order chi connectivity index (χ0) is 32.3. The van der Waals surface area contributed by atoms with Crippen molar-refractivity contribution in [1.29, 1.82) is 0 Å². The molecule has 0 bridgehead atoms. The van der Waals surface area contributed by atoms with Gasteiger partial charge in [0.1, 0.15) is 4.75 Å². The maximum atomic E-state index is 14.6. The van der Waals surface area contributed by atoms with Gasteiger partial charge < -0.3 is 19.9 Å². The number of morpholine rings is 1. The molecular weight excluding hydrogens is 694 g/mol. The number of nitrogens with zero attached hydrogens (tertiary/aromatic N) is 3. The Hall–Kier alpha value is -3.42. The van der Waals surface area contributed by atoms with E-state index < -0.39 is 15.7 Å². The fourth-order valence-corrected chi connectivity index (χ4v) is 8.07. The molecule has 0 saturated carbocycles. The predicted octanol–water partition coefficient (Wildman–Crippen LogP) is 6.34.